The molecule has 0 bridgehead atoms. The van der Waals surface area contributed by atoms with Crippen molar-refractivity contribution < 1.29 is 18.9 Å². The lowest BCUT2D eigenvalue weighted by Gasteiger charge is -2.37. The van der Waals surface area contributed by atoms with Crippen LogP contribution in [0.1, 0.15) is 52.3 Å². The van der Waals surface area contributed by atoms with E-state index in [2.05, 4.69) is 15.7 Å². The Hall–Kier alpha value is -1.60. The third-order valence-electron chi connectivity index (χ3n) is 4.70. The van der Waals surface area contributed by atoms with E-state index in [0.717, 1.165) is 0 Å². The predicted molar refractivity (Wildman–Crippen MR) is 112 cm³/mol. The minimum absolute atomic E-state index is 0.133. The van der Waals surface area contributed by atoms with E-state index in [1.165, 1.54) is 10.8 Å². The zero-order valence-corrected chi connectivity index (χ0v) is 19.0. The lowest BCUT2D eigenvalue weighted by atomic mass is 10.2. The maximum atomic E-state index is 12.2. The third kappa shape index (κ3) is 5.97. The molecular formula is C19H31N4O6P. The highest BCUT2D eigenvalue weighted by molar-refractivity contribution is 7.44. The minimum Gasteiger partial charge on any atom is -0.394 e. The Morgan fingerprint density at radius 3 is 2.63 bits per heavy atom. The molecule has 0 spiro atoms. The van der Waals surface area contributed by atoms with Gasteiger partial charge in [0.05, 0.1) is 31.8 Å². The summed E-state index contributed by atoms with van der Waals surface area (Å²) in [4.78, 5) is 26.1. The van der Waals surface area contributed by atoms with E-state index < -0.39 is 38.2 Å². The molecule has 2 rings (SSSR count). The number of ether oxygens (including phenoxy) is 1. The van der Waals surface area contributed by atoms with Gasteiger partial charge in [0.15, 0.2) is 0 Å². The van der Waals surface area contributed by atoms with E-state index in [4.69, 9.17) is 19.0 Å². The largest absolute Gasteiger partial charge is 0.394 e. The average Bonchev–Trinajstić information content (AvgIpc) is 3.06. The first kappa shape index (κ1) is 24.7. The Morgan fingerprint density at radius 1 is 1.40 bits per heavy atom. The summed E-state index contributed by atoms with van der Waals surface area (Å²) in [6.45, 7) is 9.69. The molecule has 0 aliphatic carbocycles. The highest BCUT2D eigenvalue weighted by atomic mass is 31.2. The van der Waals surface area contributed by atoms with Crippen LogP contribution in [0.2, 0.25) is 0 Å². The van der Waals surface area contributed by atoms with Crippen LogP contribution in [-0.4, -0.2) is 56.8 Å². The summed E-state index contributed by atoms with van der Waals surface area (Å²) in [7, 11) is -1.52. The molecule has 1 fully saturated rings. The van der Waals surface area contributed by atoms with E-state index in [9.17, 15) is 14.7 Å². The second kappa shape index (κ2) is 11.1. The van der Waals surface area contributed by atoms with Gasteiger partial charge in [-0.15, -0.1) is 0 Å². The number of rotatable bonds is 10. The SMILES string of the molecule is Cc1cn([C@@H]2C[C@H](OP(OCCC#N)N(C(C)C)C(C)C)[C@H](CO)O2)c(=O)[nH]c1=O. The molecule has 1 aliphatic rings. The molecule has 1 unspecified atom stereocenters. The van der Waals surface area contributed by atoms with Crippen LogP contribution >= 0.6 is 8.53 Å². The zero-order chi connectivity index (χ0) is 22.4. The van der Waals surface area contributed by atoms with Gasteiger partial charge in [-0.2, -0.15) is 5.26 Å². The van der Waals surface area contributed by atoms with E-state index in [-0.39, 0.29) is 31.7 Å². The third-order valence-corrected chi connectivity index (χ3v) is 6.86. The van der Waals surface area contributed by atoms with Gasteiger partial charge in [0.2, 0.25) is 0 Å². The lowest BCUT2D eigenvalue weighted by molar-refractivity contribution is -0.0439. The first-order chi connectivity index (χ1) is 14.2. The Kier molecular flexibility index (Phi) is 9.16. The summed E-state index contributed by atoms with van der Waals surface area (Å²) < 4.78 is 21.5. The highest BCUT2D eigenvalue weighted by Gasteiger charge is 2.41. The van der Waals surface area contributed by atoms with Gasteiger partial charge in [-0.3, -0.25) is 14.3 Å². The van der Waals surface area contributed by atoms with Crippen molar-refractivity contribution in [2.45, 2.75) is 78.0 Å². The number of nitrogens with zero attached hydrogens (tertiary/aromatic N) is 3. The van der Waals surface area contributed by atoms with E-state index in [1.807, 2.05) is 27.7 Å². The Morgan fingerprint density at radius 2 is 2.07 bits per heavy atom. The van der Waals surface area contributed by atoms with Crippen LogP contribution in [0, 0.1) is 18.3 Å². The second-order valence-corrected chi connectivity index (χ2v) is 9.12. The fraction of sp³-hybridized carbons (Fsp3) is 0.737. The van der Waals surface area contributed by atoms with Crippen molar-refractivity contribution in [3.63, 3.8) is 0 Å². The van der Waals surface area contributed by atoms with Crippen molar-refractivity contribution in [3.8, 4) is 6.07 Å². The van der Waals surface area contributed by atoms with E-state index in [1.54, 1.807) is 6.92 Å². The molecule has 4 atom stereocenters. The zero-order valence-electron chi connectivity index (χ0n) is 18.1. The monoisotopic (exact) mass is 442 g/mol. The maximum Gasteiger partial charge on any atom is 0.330 e. The normalized spacial score (nSPS) is 22.7. The number of aryl methyl sites for hydroxylation is 1. The van der Waals surface area contributed by atoms with Gasteiger partial charge in [-0.1, -0.05) is 0 Å². The number of hydrogen-bond acceptors (Lipinski definition) is 8. The van der Waals surface area contributed by atoms with Crippen molar-refractivity contribution in [2.24, 2.45) is 0 Å². The standard InChI is InChI=1S/C19H31N4O6P/c1-12(2)23(13(3)4)30(27-8-6-7-20)29-15-9-17(28-16(15)11-24)22-10-14(5)18(25)21-19(22)26/h10,12-13,15-17,24H,6,8-9,11H2,1-5H3,(H,21,25,26)/t15-,16-,17-,30?/m0/s1. The first-order valence-electron chi connectivity index (χ1n) is 10.0. The Balaban J connectivity index is 2.24. The number of nitrogens with one attached hydrogen (secondary N) is 1. The molecule has 10 nitrogen and oxygen atoms in total. The molecule has 0 radical (unpaired) electrons. The van der Waals surface area contributed by atoms with Crippen molar-refractivity contribution in [3.05, 3.63) is 32.6 Å². The predicted octanol–water partition coefficient (Wildman–Crippen LogP) is 1.79. The summed E-state index contributed by atoms with van der Waals surface area (Å²) in [5.41, 5.74) is -0.637. The summed E-state index contributed by atoms with van der Waals surface area (Å²) in [5, 5.41) is 18.7. The van der Waals surface area contributed by atoms with Gasteiger partial charge >= 0.3 is 5.69 Å². The summed E-state index contributed by atoms with van der Waals surface area (Å²) in [5.74, 6) is 0. The van der Waals surface area contributed by atoms with Gasteiger partial charge in [-0.05, 0) is 34.6 Å². The van der Waals surface area contributed by atoms with Crippen LogP contribution in [0.5, 0.6) is 0 Å². The molecular weight excluding hydrogens is 411 g/mol. The molecule has 1 saturated heterocycles. The number of aromatic amines is 1. The topological polar surface area (TPSA) is 130 Å². The maximum absolute atomic E-state index is 12.2. The van der Waals surface area contributed by atoms with Crippen molar-refractivity contribution in [1.29, 1.82) is 5.26 Å². The quantitative estimate of drug-likeness (QED) is 0.414. The van der Waals surface area contributed by atoms with Crippen molar-refractivity contribution >= 4 is 8.53 Å². The van der Waals surface area contributed by atoms with Gasteiger partial charge in [0.1, 0.15) is 12.3 Å². The number of nitriles is 1. The fourth-order valence-electron chi connectivity index (χ4n) is 3.36. The molecule has 2 heterocycles. The van der Waals surface area contributed by atoms with E-state index >= 15 is 0 Å². The molecule has 0 aromatic carbocycles. The minimum atomic E-state index is -1.52. The first-order valence-corrected chi connectivity index (χ1v) is 11.2. The van der Waals surface area contributed by atoms with Gasteiger partial charge in [0.25, 0.3) is 14.1 Å². The van der Waals surface area contributed by atoms with E-state index in [0.29, 0.717) is 12.0 Å². The van der Waals surface area contributed by atoms with Crippen LogP contribution in [0.3, 0.4) is 0 Å². The van der Waals surface area contributed by atoms with Gasteiger partial charge in [-0.25, -0.2) is 9.46 Å². The number of H-pyrrole nitrogens is 1. The summed E-state index contributed by atoms with van der Waals surface area (Å²) >= 11 is 0. The summed E-state index contributed by atoms with van der Waals surface area (Å²) in [6, 6.07) is 2.32. The molecule has 11 heteroatoms. The van der Waals surface area contributed by atoms with Crippen LogP contribution in [0.4, 0.5) is 0 Å². The average molecular weight is 442 g/mol. The summed E-state index contributed by atoms with van der Waals surface area (Å²) in [6.07, 6.45) is 0.139. The van der Waals surface area contributed by atoms with Crippen molar-refractivity contribution in [1.82, 2.24) is 14.2 Å². The lowest BCUT2D eigenvalue weighted by Crippen LogP contribution is -2.36. The molecule has 2 N–H and O–H groups in total. The van der Waals surface area contributed by atoms with Gasteiger partial charge < -0.3 is 18.9 Å². The number of aromatic nitrogens is 2. The molecule has 0 saturated carbocycles. The molecule has 0 amide bonds. The van der Waals surface area contributed by atoms with Crippen LogP contribution in [-0.2, 0) is 13.8 Å². The molecule has 1 aliphatic heterocycles. The Bertz CT molecular complexity index is 841. The van der Waals surface area contributed by atoms with Gasteiger partial charge in [0, 0.05) is 30.3 Å². The Labute approximate surface area is 177 Å². The highest BCUT2D eigenvalue weighted by Crippen LogP contribution is 2.49. The number of aliphatic hydroxyl groups excluding tert-OH is 1. The number of aliphatic hydroxyl groups is 1. The smallest absolute Gasteiger partial charge is 0.330 e. The molecule has 1 aromatic heterocycles. The van der Waals surface area contributed by atoms with Crippen LogP contribution in [0.15, 0.2) is 15.8 Å². The number of hydrogen-bond donors (Lipinski definition) is 2. The van der Waals surface area contributed by atoms with Crippen LogP contribution in [0.25, 0.3) is 0 Å². The molecule has 30 heavy (non-hydrogen) atoms. The second-order valence-electron chi connectivity index (χ2n) is 7.72. The fourth-order valence-corrected chi connectivity index (χ4v) is 5.11. The molecule has 1 aromatic rings. The van der Waals surface area contributed by atoms with Crippen LogP contribution < -0.4 is 11.2 Å². The molecule has 168 valence electrons. The van der Waals surface area contributed by atoms with Crippen molar-refractivity contribution in [2.75, 3.05) is 13.2 Å².